The van der Waals surface area contributed by atoms with Crippen molar-refractivity contribution in [2.24, 2.45) is 0 Å². The molecule has 0 spiro atoms. The minimum atomic E-state index is 0.0998. The van der Waals surface area contributed by atoms with Gasteiger partial charge in [0.15, 0.2) is 5.78 Å². The first-order chi connectivity index (χ1) is 9.66. The zero-order valence-corrected chi connectivity index (χ0v) is 13.5. The van der Waals surface area contributed by atoms with Crippen molar-refractivity contribution in [1.29, 1.82) is 0 Å². The summed E-state index contributed by atoms with van der Waals surface area (Å²) in [4.78, 5) is 12.6. The molecule has 0 radical (unpaired) electrons. The Morgan fingerprint density at radius 1 is 0.750 bits per heavy atom. The topological polar surface area (TPSA) is 17.1 Å². The lowest BCUT2D eigenvalue weighted by molar-refractivity contribution is 0.104. The van der Waals surface area contributed by atoms with Crippen LogP contribution in [0.4, 0.5) is 0 Å². The van der Waals surface area contributed by atoms with Crippen molar-refractivity contribution in [3.8, 4) is 11.1 Å². The minimum Gasteiger partial charge on any atom is -0.289 e. The molecule has 1 aliphatic rings. The van der Waals surface area contributed by atoms with E-state index in [1.54, 1.807) is 0 Å². The maximum atomic E-state index is 12.6. The van der Waals surface area contributed by atoms with E-state index in [0.29, 0.717) is 0 Å². The zero-order valence-electron chi connectivity index (χ0n) is 10.3. The van der Waals surface area contributed by atoms with Gasteiger partial charge in [-0.2, -0.15) is 0 Å². The van der Waals surface area contributed by atoms with Gasteiger partial charge in [-0.1, -0.05) is 62.2 Å². The molecular formula is C17H8Br2O. The molecule has 3 aromatic carbocycles. The number of hydrogen-bond donors (Lipinski definition) is 0. The Morgan fingerprint density at radius 3 is 2.30 bits per heavy atom. The fourth-order valence-electron chi connectivity index (χ4n) is 2.87. The van der Waals surface area contributed by atoms with Gasteiger partial charge in [-0.15, -0.1) is 0 Å². The van der Waals surface area contributed by atoms with Crippen LogP contribution in [0.25, 0.3) is 21.9 Å². The van der Waals surface area contributed by atoms with Crippen molar-refractivity contribution in [3.05, 3.63) is 68.6 Å². The Balaban J connectivity index is 2.21. The molecular weight excluding hydrogens is 380 g/mol. The van der Waals surface area contributed by atoms with Crippen LogP contribution in [-0.2, 0) is 0 Å². The maximum Gasteiger partial charge on any atom is 0.194 e. The van der Waals surface area contributed by atoms with E-state index in [2.05, 4.69) is 44.0 Å². The third-order valence-electron chi connectivity index (χ3n) is 3.73. The molecule has 0 heterocycles. The molecule has 3 aromatic rings. The van der Waals surface area contributed by atoms with Crippen LogP contribution in [0.1, 0.15) is 15.9 Å². The first-order valence-electron chi connectivity index (χ1n) is 6.22. The largest absolute Gasteiger partial charge is 0.289 e. The number of carbonyl (C=O) groups is 1. The van der Waals surface area contributed by atoms with Crippen molar-refractivity contribution in [2.45, 2.75) is 0 Å². The summed E-state index contributed by atoms with van der Waals surface area (Å²) in [5, 5.41) is 2.25. The van der Waals surface area contributed by atoms with Crippen molar-refractivity contribution in [1.82, 2.24) is 0 Å². The summed E-state index contributed by atoms with van der Waals surface area (Å²) in [5.41, 5.74) is 3.63. The molecule has 0 saturated heterocycles. The third-order valence-corrected chi connectivity index (χ3v) is 4.88. The van der Waals surface area contributed by atoms with Gasteiger partial charge in [-0.3, -0.25) is 4.79 Å². The van der Waals surface area contributed by atoms with Gasteiger partial charge in [-0.25, -0.2) is 0 Å². The third kappa shape index (κ3) is 1.57. The van der Waals surface area contributed by atoms with Crippen molar-refractivity contribution < 1.29 is 4.79 Å². The highest BCUT2D eigenvalue weighted by Crippen LogP contribution is 2.44. The molecule has 1 aliphatic carbocycles. The van der Waals surface area contributed by atoms with E-state index in [9.17, 15) is 4.79 Å². The van der Waals surface area contributed by atoms with Crippen LogP contribution < -0.4 is 0 Å². The Bertz CT molecular complexity index is 897. The van der Waals surface area contributed by atoms with E-state index in [1.165, 1.54) is 0 Å². The van der Waals surface area contributed by atoms with Crippen molar-refractivity contribution in [3.63, 3.8) is 0 Å². The molecule has 3 heteroatoms. The van der Waals surface area contributed by atoms with E-state index >= 15 is 0 Å². The highest BCUT2D eigenvalue weighted by molar-refractivity contribution is 9.11. The van der Waals surface area contributed by atoms with Crippen LogP contribution in [0.2, 0.25) is 0 Å². The Hall–Kier alpha value is -1.45. The average molecular weight is 388 g/mol. The molecule has 1 nitrogen and oxygen atoms in total. The Kier molecular flexibility index (Phi) is 2.63. The second-order valence-corrected chi connectivity index (χ2v) is 6.62. The van der Waals surface area contributed by atoms with E-state index in [-0.39, 0.29) is 5.78 Å². The van der Waals surface area contributed by atoms with Gasteiger partial charge in [-0.05, 0) is 34.5 Å². The first kappa shape index (κ1) is 12.3. The number of halogens is 2. The summed E-state index contributed by atoms with van der Waals surface area (Å²) in [7, 11) is 0. The van der Waals surface area contributed by atoms with Gasteiger partial charge >= 0.3 is 0 Å². The van der Waals surface area contributed by atoms with Crippen LogP contribution in [-0.4, -0.2) is 5.78 Å². The van der Waals surface area contributed by atoms with Gasteiger partial charge in [0, 0.05) is 25.6 Å². The fourth-order valence-corrected chi connectivity index (χ4v) is 3.80. The summed E-state index contributed by atoms with van der Waals surface area (Å²) in [6.07, 6.45) is 0. The average Bonchev–Trinajstić information content (AvgIpc) is 2.73. The summed E-state index contributed by atoms with van der Waals surface area (Å²) < 4.78 is 1.90. The summed E-state index contributed by atoms with van der Waals surface area (Å²) in [6.45, 7) is 0. The highest BCUT2D eigenvalue weighted by Gasteiger charge is 2.29. The van der Waals surface area contributed by atoms with Gasteiger partial charge in [0.2, 0.25) is 0 Å². The molecule has 0 unspecified atom stereocenters. The lowest BCUT2D eigenvalue weighted by Crippen LogP contribution is -1.95. The number of carbonyl (C=O) groups excluding carboxylic acids is 1. The van der Waals surface area contributed by atoms with E-state index in [0.717, 1.165) is 42.0 Å². The van der Waals surface area contributed by atoms with E-state index < -0.39 is 0 Å². The lowest BCUT2D eigenvalue weighted by atomic mass is 9.98. The number of rotatable bonds is 0. The van der Waals surface area contributed by atoms with Crippen LogP contribution in [0.3, 0.4) is 0 Å². The molecule has 0 aliphatic heterocycles. The molecule has 4 rings (SSSR count). The number of fused-ring (bicyclic) bond motifs is 5. The van der Waals surface area contributed by atoms with Gasteiger partial charge < -0.3 is 0 Å². The second-order valence-electron chi connectivity index (χ2n) is 4.85. The lowest BCUT2D eigenvalue weighted by Gasteiger charge is -2.08. The monoisotopic (exact) mass is 386 g/mol. The van der Waals surface area contributed by atoms with Gasteiger partial charge in [0.05, 0.1) is 0 Å². The molecule has 96 valence electrons. The molecule has 20 heavy (non-hydrogen) atoms. The van der Waals surface area contributed by atoms with Crippen LogP contribution in [0.15, 0.2) is 57.5 Å². The zero-order chi connectivity index (χ0) is 13.9. The highest BCUT2D eigenvalue weighted by atomic mass is 79.9. The van der Waals surface area contributed by atoms with Crippen molar-refractivity contribution >= 4 is 48.4 Å². The number of hydrogen-bond acceptors (Lipinski definition) is 1. The van der Waals surface area contributed by atoms with Crippen molar-refractivity contribution in [2.75, 3.05) is 0 Å². The molecule has 0 N–H and O–H groups in total. The Morgan fingerprint density at radius 2 is 1.50 bits per heavy atom. The van der Waals surface area contributed by atoms with Crippen LogP contribution in [0, 0.1) is 0 Å². The fraction of sp³-hybridized carbons (Fsp3) is 0. The normalized spacial score (nSPS) is 12.6. The van der Waals surface area contributed by atoms with Crippen LogP contribution >= 0.6 is 31.9 Å². The van der Waals surface area contributed by atoms with Crippen LogP contribution in [0.5, 0.6) is 0 Å². The maximum absolute atomic E-state index is 12.6. The summed E-state index contributed by atoms with van der Waals surface area (Å²) >= 11 is 7.02. The SMILES string of the molecule is O=C1c2cc(Br)ccc2-c2c1cc(Br)c1ccccc21. The smallest absolute Gasteiger partial charge is 0.194 e. The summed E-state index contributed by atoms with van der Waals surface area (Å²) in [5.74, 6) is 0.0998. The van der Waals surface area contributed by atoms with Gasteiger partial charge in [0.1, 0.15) is 0 Å². The predicted octanol–water partition coefficient (Wildman–Crippen LogP) is 5.58. The minimum absolute atomic E-state index is 0.0998. The molecule has 0 fully saturated rings. The Labute approximate surface area is 132 Å². The summed E-state index contributed by atoms with van der Waals surface area (Å²) in [6, 6.07) is 16.0. The molecule has 0 amide bonds. The second kappa shape index (κ2) is 4.27. The quantitative estimate of drug-likeness (QED) is 0.385. The number of ketones is 1. The molecule has 0 saturated carbocycles. The molecule has 0 atom stereocenters. The number of benzene rings is 3. The first-order valence-corrected chi connectivity index (χ1v) is 7.81. The predicted molar refractivity (Wildman–Crippen MR) is 88.2 cm³/mol. The molecule has 0 aromatic heterocycles. The standard InChI is InChI=1S/C17H8Br2O/c18-9-5-6-12-13(7-9)17(20)14-8-15(19)10-3-1-2-4-11(10)16(12)14/h1-8H. The van der Waals surface area contributed by atoms with E-state index in [4.69, 9.17) is 0 Å². The molecule has 0 bridgehead atoms. The van der Waals surface area contributed by atoms with E-state index in [1.807, 2.05) is 36.4 Å². The van der Waals surface area contributed by atoms with Gasteiger partial charge in [0.25, 0.3) is 0 Å².